The summed E-state index contributed by atoms with van der Waals surface area (Å²) in [4.78, 5) is 0. The summed E-state index contributed by atoms with van der Waals surface area (Å²) in [5.74, 6) is 0. The highest BCUT2D eigenvalue weighted by atomic mass is 16.5. The molecule has 0 aromatic heterocycles. The minimum Gasteiger partial charge on any atom is -0.387 e. The van der Waals surface area contributed by atoms with Crippen LogP contribution in [0.15, 0.2) is 24.3 Å². The Bertz CT molecular complexity index is 315. The Labute approximate surface area is 104 Å². The normalized spacial score (nSPS) is 12.6. The molecule has 2 N–H and O–H groups in total. The molecule has 0 spiro atoms. The molecule has 1 aromatic carbocycles. The standard InChI is InChI=1S/C14H23NO2/c1-3-5-12-6-4-7-13(10-12)14(16)11-15-8-9-17-2/h4,6-7,10,14-16H,3,5,8-9,11H2,1-2H3. The van der Waals surface area contributed by atoms with Crippen LogP contribution in [-0.2, 0) is 11.2 Å². The molecule has 0 fully saturated rings. The van der Waals surface area contributed by atoms with Crippen LogP contribution in [0.3, 0.4) is 0 Å². The van der Waals surface area contributed by atoms with E-state index in [1.54, 1.807) is 7.11 Å². The number of rotatable bonds is 8. The molecule has 17 heavy (non-hydrogen) atoms. The molecule has 1 unspecified atom stereocenters. The molecule has 0 radical (unpaired) electrons. The molecule has 0 aliphatic rings. The Kier molecular flexibility index (Phi) is 6.86. The van der Waals surface area contributed by atoms with E-state index in [-0.39, 0.29) is 0 Å². The van der Waals surface area contributed by atoms with Gasteiger partial charge in [-0.25, -0.2) is 0 Å². The van der Waals surface area contributed by atoms with Gasteiger partial charge in [-0.15, -0.1) is 0 Å². The van der Waals surface area contributed by atoms with Crippen LogP contribution < -0.4 is 5.32 Å². The van der Waals surface area contributed by atoms with Gasteiger partial charge in [-0.3, -0.25) is 0 Å². The molecule has 3 nitrogen and oxygen atoms in total. The zero-order chi connectivity index (χ0) is 12.5. The number of methoxy groups -OCH3 is 1. The number of aryl methyl sites for hydroxylation is 1. The molecule has 1 rings (SSSR count). The van der Waals surface area contributed by atoms with Crippen LogP contribution >= 0.6 is 0 Å². The lowest BCUT2D eigenvalue weighted by molar-refractivity contribution is 0.161. The molecular formula is C14H23NO2. The molecule has 0 bridgehead atoms. The minimum absolute atomic E-state index is 0.441. The second-order valence-corrected chi connectivity index (χ2v) is 4.21. The van der Waals surface area contributed by atoms with Crippen LogP contribution in [0, 0.1) is 0 Å². The quantitative estimate of drug-likeness (QED) is 0.679. The first-order chi connectivity index (χ1) is 8.27. The van der Waals surface area contributed by atoms with E-state index in [0.29, 0.717) is 13.2 Å². The molecule has 0 saturated carbocycles. The van der Waals surface area contributed by atoms with Gasteiger partial charge in [0.1, 0.15) is 0 Å². The summed E-state index contributed by atoms with van der Waals surface area (Å²) in [5.41, 5.74) is 2.28. The summed E-state index contributed by atoms with van der Waals surface area (Å²) in [6, 6.07) is 8.19. The summed E-state index contributed by atoms with van der Waals surface area (Å²) in [5, 5.41) is 13.2. The molecule has 1 aromatic rings. The predicted octanol–water partition coefficient (Wildman–Crippen LogP) is 1.91. The average Bonchev–Trinajstić information content (AvgIpc) is 2.35. The number of aliphatic hydroxyl groups is 1. The van der Waals surface area contributed by atoms with Gasteiger partial charge in [0.2, 0.25) is 0 Å². The SMILES string of the molecule is CCCc1cccc(C(O)CNCCOC)c1. The monoisotopic (exact) mass is 237 g/mol. The fourth-order valence-electron chi connectivity index (χ4n) is 1.78. The van der Waals surface area contributed by atoms with Gasteiger partial charge in [0, 0.05) is 20.2 Å². The number of ether oxygens (including phenoxy) is 1. The zero-order valence-corrected chi connectivity index (χ0v) is 10.8. The Balaban J connectivity index is 2.44. The third-order valence-electron chi connectivity index (χ3n) is 2.70. The fraction of sp³-hybridized carbons (Fsp3) is 0.571. The van der Waals surface area contributed by atoms with Gasteiger partial charge < -0.3 is 15.2 Å². The van der Waals surface area contributed by atoms with Crippen LogP contribution in [0.1, 0.15) is 30.6 Å². The van der Waals surface area contributed by atoms with E-state index in [1.165, 1.54) is 5.56 Å². The maximum atomic E-state index is 10.0. The Morgan fingerprint density at radius 1 is 1.41 bits per heavy atom. The molecule has 1 atom stereocenters. The van der Waals surface area contributed by atoms with E-state index in [4.69, 9.17) is 4.74 Å². The van der Waals surface area contributed by atoms with Crippen molar-refractivity contribution in [3.8, 4) is 0 Å². The molecule has 96 valence electrons. The zero-order valence-electron chi connectivity index (χ0n) is 10.8. The summed E-state index contributed by atoms with van der Waals surface area (Å²) >= 11 is 0. The first-order valence-corrected chi connectivity index (χ1v) is 6.24. The van der Waals surface area contributed by atoms with E-state index in [9.17, 15) is 5.11 Å². The van der Waals surface area contributed by atoms with Crippen LogP contribution in [0.2, 0.25) is 0 Å². The van der Waals surface area contributed by atoms with Gasteiger partial charge in [0.15, 0.2) is 0 Å². The number of hydrogen-bond donors (Lipinski definition) is 2. The lowest BCUT2D eigenvalue weighted by Gasteiger charge is -2.13. The average molecular weight is 237 g/mol. The van der Waals surface area contributed by atoms with Gasteiger partial charge in [0.25, 0.3) is 0 Å². The Morgan fingerprint density at radius 2 is 2.24 bits per heavy atom. The van der Waals surface area contributed by atoms with Crippen molar-refractivity contribution in [2.75, 3.05) is 26.8 Å². The van der Waals surface area contributed by atoms with E-state index >= 15 is 0 Å². The van der Waals surface area contributed by atoms with E-state index in [0.717, 1.165) is 24.9 Å². The van der Waals surface area contributed by atoms with Crippen LogP contribution in [0.4, 0.5) is 0 Å². The molecular weight excluding hydrogens is 214 g/mol. The molecule has 0 aliphatic heterocycles. The molecule has 0 saturated heterocycles. The number of benzene rings is 1. The van der Waals surface area contributed by atoms with Crippen molar-refractivity contribution >= 4 is 0 Å². The molecule has 3 heteroatoms. The largest absolute Gasteiger partial charge is 0.387 e. The van der Waals surface area contributed by atoms with Gasteiger partial charge in [-0.2, -0.15) is 0 Å². The molecule has 0 heterocycles. The van der Waals surface area contributed by atoms with E-state index in [1.807, 2.05) is 12.1 Å². The number of nitrogens with one attached hydrogen (secondary N) is 1. The first-order valence-electron chi connectivity index (χ1n) is 6.24. The van der Waals surface area contributed by atoms with Crippen molar-refractivity contribution < 1.29 is 9.84 Å². The van der Waals surface area contributed by atoms with Crippen molar-refractivity contribution in [3.63, 3.8) is 0 Å². The highest BCUT2D eigenvalue weighted by molar-refractivity contribution is 5.25. The maximum absolute atomic E-state index is 10.0. The number of hydrogen-bond acceptors (Lipinski definition) is 3. The van der Waals surface area contributed by atoms with Crippen LogP contribution in [-0.4, -0.2) is 31.9 Å². The van der Waals surface area contributed by atoms with E-state index < -0.39 is 6.10 Å². The van der Waals surface area contributed by atoms with Crippen LogP contribution in [0.5, 0.6) is 0 Å². The summed E-state index contributed by atoms with van der Waals surface area (Å²) in [6.45, 7) is 4.17. The van der Waals surface area contributed by atoms with Crippen molar-refractivity contribution in [1.82, 2.24) is 5.32 Å². The summed E-state index contributed by atoms with van der Waals surface area (Å²) in [6.07, 6.45) is 1.76. The van der Waals surface area contributed by atoms with Crippen molar-refractivity contribution in [3.05, 3.63) is 35.4 Å². The molecule has 0 amide bonds. The lowest BCUT2D eigenvalue weighted by atomic mass is 10.0. The molecule has 0 aliphatic carbocycles. The smallest absolute Gasteiger partial charge is 0.0914 e. The van der Waals surface area contributed by atoms with Crippen molar-refractivity contribution in [1.29, 1.82) is 0 Å². The fourth-order valence-corrected chi connectivity index (χ4v) is 1.78. The second-order valence-electron chi connectivity index (χ2n) is 4.21. The van der Waals surface area contributed by atoms with Gasteiger partial charge in [-0.1, -0.05) is 37.6 Å². The van der Waals surface area contributed by atoms with Crippen molar-refractivity contribution in [2.24, 2.45) is 0 Å². The lowest BCUT2D eigenvalue weighted by Crippen LogP contribution is -2.25. The highest BCUT2D eigenvalue weighted by Crippen LogP contribution is 2.14. The summed E-state index contributed by atoms with van der Waals surface area (Å²) in [7, 11) is 1.67. The Morgan fingerprint density at radius 3 is 2.94 bits per heavy atom. The maximum Gasteiger partial charge on any atom is 0.0914 e. The third kappa shape index (κ3) is 5.31. The number of aliphatic hydroxyl groups excluding tert-OH is 1. The third-order valence-corrected chi connectivity index (χ3v) is 2.70. The van der Waals surface area contributed by atoms with Gasteiger partial charge in [0.05, 0.1) is 12.7 Å². The minimum atomic E-state index is -0.441. The van der Waals surface area contributed by atoms with Gasteiger partial charge >= 0.3 is 0 Å². The predicted molar refractivity (Wildman–Crippen MR) is 70.1 cm³/mol. The van der Waals surface area contributed by atoms with Gasteiger partial charge in [-0.05, 0) is 17.5 Å². The van der Waals surface area contributed by atoms with Crippen molar-refractivity contribution in [2.45, 2.75) is 25.9 Å². The van der Waals surface area contributed by atoms with Crippen LogP contribution in [0.25, 0.3) is 0 Å². The van der Waals surface area contributed by atoms with E-state index in [2.05, 4.69) is 24.4 Å². The highest BCUT2D eigenvalue weighted by Gasteiger charge is 2.07. The topological polar surface area (TPSA) is 41.5 Å². The summed E-state index contributed by atoms with van der Waals surface area (Å²) < 4.78 is 4.94. The second kappa shape index (κ2) is 8.23. The first kappa shape index (κ1) is 14.2. The Hall–Kier alpha value is -0.900.